The van der Waals surface area contributed by atoms with Gasteiger partial charge in [-0.05, 0) is 17.5 Å². The Hall–Kier alpha value is -2.01. The predicted octanol–water partition coefficient (Wildman–Crippen LogP) is 8.07. The Balaban J connectivity index is 3.46. The van der Waals surface area contributed by atoms with Gasteiger partial charge < -0.3 is 5.11 Å². The van der Waals surface area contributed by atoms with E-state index in [1.807, 2.05) is 0 Å². The van der Waals surface area contributed by atoms with Crippen molar-refractivity contribution in [2.75, 3.05) is 0 Å². The molecule has 0 radical (unpaired) electrons. The highest BCUT2D eigenvalue weighted by Crippen LogP contribution is 2.64. The SMILES string of the molecule is CCCc1ccc(C(O)CC(F)(F)C(F)(F)C(F)(F)C(F)(F)C(F)(F)C(F)(F)C(F)(F)C(F)(F)F)cc1. The Morgan fingerprint density at radius 2 is 0.919 bits per heavy atom. The highest BCUT2D eigenvalue weighted by atomic mass is 19.4. The number of rotatable bonds is 11. The smallest absolute Gasteiger partial charge is 0.388 e. The zero-order chi connectivity index (χ0) is 29.7. The number of aryl methyl sites for hydroxylation is 1. The molecule has 0 saturated carbocycles. The molecule has 0 spiro atoms. The maximum Gasteiger partial charge on any atom is 0.460 e. The Kier molecular flexibility index (Phi) is 8.59. The largest absolute Gasteiger partial charge is 0.460 e. The maximum absolute atomic E-state index is 14.0. The Morgan fingerprint density at radius 1 is 0.568 bits per heavy atom. The molecule has 0 fully saturated rings. The van der Waals surface area contributed by atoms with Crippen LogP contribution in [0.1, 0.15) is 37.0 Å². The van der Waals surface area contributed by atoms with Gasteiger partial charge in [-0.3, -0.25) is 0 Å². The maximum atomic E-state index is 14.0. The van der Waals surface area contributed by atoms with Gasteiger partial charge in [-0.25, -0.2) is 0 Å². The fourth-order valence-electron chi connectivity index (χ4n) is 2.88. The summed E-state index contributed by atoms with van der Waals surface area (Å²) < 4.78 is 226. The molecule has 0 bridgehead atoms. The number of halogens is 17. The minimum atomic E-state index is -8.67. The molecule has 0 saturated heterocycles. The monoisotopic (exact) mass is 582 g/mol. The number of alkyl halides is 17. The summed E-state index contributed by atoms with van der Waals surface area (Å²) in [6.07, 6.45) is -12.7. The van der Waals surface area contributed by atoms with Crippen LogP contribution in [0.2, 0.25) is 0 Å². The lowest BCUT2D eigenvalue weighted by Crippen LogP contribution is -2.74. The quantitative estimate of drug-likeness (QED) is 0.262. The summed E-state index contributed by atoms with van der Waals surface area (Å²) in [6.45, 7) is 1.70. The van der Waals surface area contributed by atoms with Gasteiger partial charge in [0.25, 0.3) is 0 Å². The van der Waals surface area contributed by atoms with Crippen LogP contribution in [0.5, 0.6) is 0 Å². The molecule has 1 nitrogen and oxygen atoms in total. The van der Waals surface area contributed by atoms with Crippen LogP contribution in [0.3, 0.4) is 0 Å². The summed E-state index contributed by atoms with van der Waals surface area (Å²) in [4.78, 5) is 0. The van der Waals surface area contributed by atoms with Crippen LogP contribution in [0.4, 0.5) is 74.6 Å². The molecule has 37 heavy (non-hydrogen) atoms. The van der Waals surface area contributed by atoms with Crippen LogP contribution in [0.15, 0.2) is 24.3 Å². The van der Waals surface area contributed by atoms with Gasteiger partial charge in [0, 0.05) is 6.42 Å². The van der Waals surface area contributed by atoms with Crippen LogP contribution >= 0.6 is 0 Å². The standard InChI is InChI=1S/C19H15F17O/c1-2-3-9-4-6-10(7-5-9)11(37)8-12(20,21)13(22,23)14(24,25)15(26,27)16(28,29)17(30,31)18(32,33)19(34,35)36/h4-7,11,37H,2-3,8H2,1H3. The molecule has 0 aromatic heterocycles. The van der Waals surface area contributed by atoms with Crippen molar-refractivity contribution in [2.24, 2.45) is 0 Å². The van der Waals surface area contributed by atoms with E-state index in [0.29, 0.717) is 18.4 Å². The van der Waals surface area contributed by atoms with Crippen molar-refractivity contribution >= 4 is 0 Å². The van der Waals surface area contributed by atoms with Crippen molar-refractivity contribution in [3.05, 3.63) is 35.4 Å². The third-order valence-electron chi connectivity index (χ3n) is 5.14. The van der Waals surface area contributed by atoms with Crippen molar-refractivity contribution in [1.82, 2.24) is 0 Å². The molecule has 0 aliphatic rings. The first-order valence-corrected chi connectivity index (χ1v) is 9.65. The fourth-order valence-corrected chi connectivity index (χ4v) is 2.88. The molecule has 216 valence electrons. The van der Waals surface area contributed by atoms with Crippen LogP contribution < -0.4 is 0 Å². The molecular formula is C19H15F17O. The molecule has 1 rings (SSSR count). The van der Waals surface area contributed by atoms with Crippen LogP contribution in [0, 0.1) is 0 Å². The molecule has 0 aliphatic carbocycles. The molecule has 1 unspecified atom stereocenters. The van der Waals surface area contributed by atoms with E-state index >= 15 is 0 Å². The first-order valence-electron chi connectivity index (χ1n) is 9.65. The molecule has 1 aromatic carbocycles. The van der Waals surface area contributed by atoms with E-state index in [4.69, 9.17) is 0 Å². The Bertz CT molecular complexity index is 918. The summed E-state index contributed by atoms with van der Waals surface area (Å²) in [5, 5.41) is 9.66. The minimum absolute atomic E-state index is 0.387. The lowest BCUT2D eigenvalue weighted by Gasteiger charge is -2.43. The van der Waals surface area contributed by atoms with Crippen LogP contribution in [-0.2, 0) is 6.42 Å². The molecule has 0 aliphatic heterocycles. The van der Waals surface area contributed by atoms with E-state index < -0.39 is 65.7 Å². The van der Waals surface area contributed by atoms with E-state index in [0.717, 1.165) is 24.3 Å². The summed E-state index contributed by atoms with van der Waals surface area (Å²) in [5.41, 5.74) is -0.201. The van der Waals surface area contributed by atoms with E-state index in [2.05, 4.69) is 0 Å². The zero-order valence-corrected chi connectivity index (χ0v) is 17.9. The van der Waals surface area contributed by atoms with Gasteiger partial charge in [-0.2, -0.15) is 74.6 Å². The van der Waals surface area contributed by atoms with Gasteiger partial charge in [0.1, 0.15) is 0 Å². The average Bonchev–Trinajstić information content (AvgIpc) is 2.72. The third kappa shape index (κ3) is 5.05. The zero-order valence-electron chi connectivity index (χ0n) is 17.9. The van der Waals surface area contributed by atoms with E-state index in [-0.39, 0.29) is 0 Å². The summed E-state index contributed by atoms with van der Waals surface area (Å²) in [6, 6.07) is 3.91. The second kappa shape index (κ2) is 9.63. The summed E-state index contributed by atoms with van der Waals surface area (Å²) >= 11 is 0. The number of benzene rings is 1. The van der Waals surface area contributed by atoms with E-state index in [1.165, 1.54) is 0 Å². The van der Waals surface area contributed by atoms with Crippen molar-refractivity contribution in [3.63, 3.8) is 0 Å². The lowest BCUT2D eigenvalue weighted by molar-refractivity contribution is -0.462. The molecule has 0 heterocycles. The molecule has 18 heteroatoms. The van der Waals surface area contributed by atoms with Gasteiger partial charge in [0.2, 0.25) is 0 Å². The van der Waals surface area contributed by atoms with E-state index in [9.17, 15) is 79.7 Å². The van der Waals surface area contributed by atoms with Crippen LogP contribution in [0.25, 0.3) is 0 Å². The number of aliphatic hydroxyl groups is 1. The van der Waals surface area contributed by atoms with Gasteiger partial charge in [0.15, 0.2) is 0 Å². The number of hydrogen-bond donors (Lipinski definition) is 1. The molecular weight excluding hydrogens is 567 g/mol. The van der Waals surface area contributed by atoms with Crippen molar-refractivity contribution < 1.29 is 79.7 Å². The highest BCUT2D eigenvalue weighted by molar-refractivity contribution is 5.25. The predicted molar refractivity (Wildman–Crippen MR) is 90.7 cm³/mol. The van der Waals surface area contributed by atoms with Gasteiger partial charge >= 0.3 is 47.6 Å². The normalized spacial score (nSPS) is 16.2. The third-order valence-corrected chi connectivity index (χ3v) is 5.14. The summed E-state index contributed by atoms with van der Waals surface area (Å²) in [7, 11) is 0. The van der Waals surface area contributed by atoms with Gasteiger partial charge in [-0.15, -0.1) is 0 Å². The number of aliphatic hydroxyl groups excluding tert-OH is 1. The highest BCUT2D eigenvalue weighted by Gasteiger charge is 2.95. The molecule has 0 amide bonds. The molecule has 1 atom stereocenters. The second-order valence-corrected chi connectivity index (χ2v) is 7.86. The lowest BCUT2D eigenvalue weighted by atomic mass is 9.87. The van der Waals surface area contributed by atoms with Gasteiger partial charge in [-0.1, -0.05) is 37.6 Å². The molecule has 1 N–H and O–H groups in total. The minimum Gasteiger partial charge on any atom is -0.388 e. The average molecular weight is 582 g/mol. The van der Waals surface area contributed by atoms with Gasteiger partial charge in [0.05, 0.1) is 6.10 Å². The van der Waals surface area contributed by atoms with Crippen molar-refractivity contribution in [2.45, 2.75) is 79.9 Å². The Labute approximate surface area is 196 Å². The van der Waals surface area contributed by atoms with Crippen LogP contribution in [-0.4, -0.2) is 52.7 Å². The second-order valence-electron chi connectivity index (χ2n) is 7.86. The van der Waals surface area contributed by atoms with Crippen molar-refractivity contribution in [3.8, 4) is 0 Å². The van der Waals surface area contributed by atoms with Crippen molar-refractivity contribution in [1.29, 1.82) is 0 Å². The topological polar surface area (TPSA) is 20.2 Å². The van der Waals surface area contributed by atoms with E-state index in [1.54, 1.807) is 6.92 Å². The Morgan fingerprint density at radius 3 is 1.27 bits per heavy atom. The first kappa shape index (κ1) is 33.0. The fraction of sp³-hybridized carbons (Fsp3) is 0.684. The first-order chi connectivity index (χ1) is 16.2. The number of hydrogen-bond acceptors (Lipinski definition) is 1. The summed E-state index contributed by atoms with van der Waals surface area (Å²) in [5.74, 6) is -56.9. The molecule has 1 aromatic rings.